The van der Waals surface area contributed by atoms with Crippen molar-refractivity contribution in [3.05, 3.63) is 34.0 Å². The molecule has 0 saturated heterocycles. The molecule has 0 aliphatic heterocycles. The summed E-state index contributed by atoms with van der Waals surface area (Å²) in [5, 5.41) is 6.96. The first-order chi connectivity index (χ1) is 9.65. The van der Waals surface area contributed by atoms with E-state index >= 15 is 0 Å². The molecule has 0 fully saturated rings. The number of nitrogens with one attached hydrogen (secondary N) is 2. The highest BCUT2D eigenvalue weighted by molar-refractivity contribution is 9.10. The van der Waals surface area contributed by atoms with Gasteiger partial charge < -0.3 is 15.4 Å². The predicted molar refractivity (Wildman–Crippen MR) is 85.2 cm³/mol. The standard InChI is InChI=1S/C13H14BrClN4O/c1-3-16-12-11(20-2)13(18-7-17-12)19-8-4-5-10(15)9(14)6-8/h4-7H,3H2,1-2H3,(H2,16,17,18,19). The number of aromatic nitrogens is 2. The zero-order valence-corrected chi connectivity index (χ0v) is 13.4. The fraction of sp³-hybridized carbons (Fsp3) is 0.231. The Labute approximate surface area is 130 Å². The molecule has 0 unspecified atom stereocenters. The lowest BCUT2D eigenvalue weighted by Gasteiger charge is -2.13. The Morgan fingerprint density at radius 2 is 2.05 bits per heavy atom. The number of halogens is 2. The SMILES string of the molecule is CCNc1ncnc(Nc2ccc(Cl)c(Br)c2)c1OC. The summed E-state index contributed by atoms with van der Waals surface area (Å²) in [6, 6.07) is 5.53. The zero-order valence-electron chi connectivity index (χ0n) is 11.1. The monoisotopic (exact) mass is 356 g/mol. The number of methoxy groups -OCH3 is 1. The smallest absolute Gasteiger partial charge is 0.204 e. The lowest BCUT2D eigenvalue weighted by Crippen LogP contribution is -2.05. The number of hydrogen-bond donors (Lipinski definition) is 2. The number of nitrogens with zero attached hydrogens (tertiary/aromatic N) is 2. The molecule has 2 N–H and O–H groups in total. The van der Waals surface area contributed by atoms with Crippen LogP contribution in [0.25, 0.3) is 0 Å². The number of benzene rings is 1. The molecule has 0 aliphatic rings. The van der Waals surface area contributed by atoms with E-state index in [1.54, 1.807) is 13.2 Å². The Hall–Kier alpha value is -1.53. The van der Waals surface area contributed by atoms with Crippen molar-refractivity contribution >= 4 is 44.9 Å². The molecule has 2 rings (SSSR count). The molecule has 0 saturated carbocycles. The van der Waals surface area contributed by atoms with Gasteiger partial charge >= 0.3 is 0 Å². The van der Waals surface area contributed by atoms with Crippen LogP contribution in [0, 0.1) is 0 Å². The second-order valence-corrected chi connectivity index (χ2v) is 5.15. The van der Waals surface area contributed by atoms with Gasteiger partial charge in [-0.1, -0.05) is 11.6 Å². The Morgan fingerprint density at radius 1 is 1.30 bits per heavy atom. The normalized spacial score (nSPS) is 10.2. The van der Waals surface area contributed by atoms with Crippen LogP contribution in [0.3, 0.4) is 0 Å². The van der Waals surface area contributed by atoms with Gasteiger partial charge in [-0.05, 0) is 41.1 Å². The van der Waals surface area contributed by atoms with Crippen LogP contribution in [-0.4, -0.2) is 23.6 Å². The summed E-state index contributed by atoms with van der Waals surface area (Å²) in [7, 11) is 1.59. The van der Waals surface area contributed by atoms with Crippen LogP contribution in [0.2, 0.25) is 5.02 Å². The van der Waals surface area contributed by atoms with Crippen LogP contribution in [0.15, 0.2) is 29.0 Å². The van der Waals surface area contributed by atoms with E-state index in [0.717, 1.165) is 16.7 Å². The third kappa shape index (κ3) is 3.32. The molecule has 0 bridgehead atoms. The molecule has 1 aromatic carbocycles. The van der Waals surface area contributed by atoms with Gasteiger partial charge in [0.2, 0.25) is 5.75 Å². The van der Waals surface area contributed by atoms with E-state index in [2.05, 4.69) is 36.5 Å². The first-order valence-electron chi connectivity index (χ1n) is 6.00. The molecule has 0 aliphatic carbocycles. The van der Waals surface area contributed by atoms with Gasteiger partial charge in [0.05, 0.1) is 12.1 Å². The summed E-state index contributed by atoms with van der Waals surface area (Å²) in [6.45, 7) is 2.74. The minimum absolute atomic E-state index is 0.570. The Balaban J connectivity index is 2.32. The summed E-state index contributed by atoms with van der Waals surface area (Å²) < 4.78 is 6.18. The summed E-state index contributed by atoms with van der Waals surface area (Å²) >= 11 is 9.36. The van der Waals surface area contributed by atoms with Crippen molar-refractivity contribution in [3.63, 3.8) is 0 Å². The predicted octanol–water partition coefficient (Wildman–Crippen LogP) is 4.08. The average molecular weight is 358 g/mol. The summed E-state index contributed by atoms with van der Waals surface area (Å²) in [6.07, 6.45) is 1.48. The first kappa shape index (κ1) is 14.9. The van der Waals surface area contributed by atoms with Crippen molar-refractivity contribution in [1.82, 2.24) is 9.97 Å². The van der Waals surface area contributed by atoms with E-state index in [1.165, 1.54) is 6.33 Å². The maximum atomic E-state index is 5.97. The van der Waals surface area contributed by atoms with Crippen LogP contribution in [-0.2, 0) is 0 Å². The number of ether oxygens (including phenoxy) is 1. The summed E-state index contributed by atoms with van der Waals surface area (Å²) in [5.74, 6) is 1.81. The van der Waals surface area contributed by atoms with E-state index in [4.69, 9.17) is 16.3 Å². The van der Waals surface area contributed by atoms with Gasteiger partial charge in [0.25, 0.3) is 0 Å². The number of hydrogen-bond acceptors (Lipinski definition) is 5. The van der Waals surface area contributed by atoms with Crippen molar-refractivity contribution in [3.8, 4) is 5.75 Å². The van der Waals surface area contributed by atoms with E-state index in [0.29, 0.717) is 22.4 Å². The van der Waals surface area contributed by atoms with Crippen LogP contribution >= 0.6 is 27.5 Å². The molecule has 20 heavy (non-hydrogen) atoms. The van der Waals surface area contributed by atoms with Crippen molar-refractivity contribution in [1.29, 1.82) is 0 Å². The second kappa shape index (κ2) is 6.76. The highest BCUT2D eigenvalue weighted by Gasteiger charge is 2.12. The fourth-order valence-corrected chi connectivity index (χ4v) is 2.16. The molecule has 0 amide bonds. The van der Waals surface area contributed by atoms with E-state index in [-0.39, 0.29) is 0 Å². The van der Waals surface area contributed by atoms with E-state index in [9.17, 15) is 0 Å². The highest BCUT2D eigenvalue weighted by Crippen LogP contribution is 2.33. The van der Waals surface area contributed by atoms with Crippen LogP contribution in [0.1, 0.15) is 6.92 Å². The average Bonchev–Trinajstić information content (AvgIpc) is 2.44. The molecular formula is C13H14BrClN4O. The quantitative estimate of drug-likeness (QED) is 0.844. The maximum Gasteiger partial charge on any atom is 0.204 e. The first-order valence-corrected chi connectivity index (χ1v) is 7.17. The Bertz CT molecular complexity index is 609. The van der Waals surface area contributed by atoms with Gasteiger partial charge in [0.15, 0.2) is 11.6 Å². The van der Waals surface area contributed by atoms with Crippen molar-refractivity contribution in [2.45, 2.75) is 6.92 Å². The third-order valence-corrected chi connectivity index (χ3v) is 3.75. The van der Waals surface area contributed by atoms with Gasteiger partial charge in [-0.3, -0.25) is 0 Å². The fourth-order valence-electron chi connectivity index (χ4n) is 1.66. The molecule has 0 radical (unpaired) electrons. The third-order valence-electron chi connectivity index (χ3n) is 2.53. The molecular weight excluding hydrogens is 344 g/mol. The lowest BCUT2D eigenvalue weighted by molar-refractivity contribution is 0.415. The molecule has 1 heterocycles. The Kier molecular flexibility index (Phi) is 5.03. The molecule has 0 atom stereocenters. The van der Waals surface area contributed by atoms with E-state index in [1.807, 2.05) is 19.1 Å². The summed E-state index contributed by atoms with van der Waals surface area (Å²) in [5.41, 5.74) is 0.848. The number of anilines is 3. The minimum Gasteiger partial charge on any atom is -0.490 e. The van der Waals surface area contributed by atoms with Crippen molar-refractivity contribution in [2.75, 3.05) is 24.3 Å². The summed E-state index contributed by atoms with van der Waals surface area (Å²) in [4.78, 5) is 8.36. The number of rotatable bonds is 5. The van der Waals surface area contributed by atoms with Crippen molar-refractivity contribution in [2.24, 2.45) is 0 Å². The van der Waals surface area contributed by atoms with Gasteiger partial charge in [0, 0.05) is 16.7 Å². The maximum absolute atomic E-state index is 5.97. The van der Waals surface area contributed by atoms with Gasteiger partial charge in [-0.15, -0.1) is 0 Å². The van der Waals surface area contributed by atoms with Gasteiger partial charge in [-0.25, -0.2) is 9.97 Å². The van der Waals surface area contributed by atoms with Crippen LogP contribution in [0.5, 0.6) is 5.75 Å². The topological polar surface area (TPSA) is 59.1 Å². The molecule has 0 spiro atoms. The molecule has 1 aromatic heterocycles. The van der Waals surface area contributed by atoms with Crippen LogP contribution in [0.4, 0.5) is 17.3 Å². The van der Waals surface area contributed by atoms with Gasteiger partial charge in [-0.2, -0.15) is 0 Å². The van der Waals surface area contributed by atoms with Crippen molar-refractivity contribution < 1.29 is 4.74 Å². The molecule has 2 aromatic rings. The Morgan fingerprint density at radius 3 is 2.70 bits per heavy atom. The molecule has 5 nitrogen and oxygen atoms in total. The van der Waals surface area contributed by atoms with Gasteiger partial charge in [0.1, 0.15) is 6.33 Å². The highest BCUT2D eigenvalue weighted by atomic mass is 79.9. The van der Waals surface area contributed by atoms with Crippen LogP contribution < -0.4 is 15.4 Å². The largest absolute Gasteiger partial charge is 0.490 e. The zero-order chi connectivity index (χ0) is 14.5. The second-order valence-electron chi connectivity index (χ2n) is 3.89. The minimum atomic E-state index is 0.570. The molecule has 106 valence electrons. The van der Waals surface area contributed by atoms with E-state index < -0.39 is 0 Å². The lowest BCUT2D eigenvalue weighted by atomic mass is 10.3. The molecule has 7 heteroatoms.